The second kappa shape index (κ2) is 9.48. The van der Waals surface area contributed by atoms with E-state index >= 15 is 0 Å². The summed E-state index contributed by atoms with van der Waals surface area (Å²) in [5.41, 5.74) is 2.81. The Balaban J connectivity index is 1.41. The van der Waals surface area contributed by atoms with Gasteiger partial charge in [-0.3, -0.25) is 14.9 Å². The van der Waals surface area contributed by atoms with Gasteiger partial charge in [0.25, 0.3) is 11.8 Å². The van der Waals surface area contributed by atoms with E-state index in [1.807, 2.05) is 55.5 Å². The molecule has 32 heavy (non-hydrogen) atoms. The lowest BCUT2D eigenvalue weighted by Crippen LogP contribution is -2.33. The largest absolute Gasteiger partial charge is 0.332 e. The van der Waals surface area contributed by atoms with Gasteiger partial charge in [0.15, 0.2) is 5.11 Å². The Hall–Kier alpha value is -3.26. The van der Waals surface area contributed by atoms with Crippen LogP contribution in [-0.2, 0) is 0 Å². The van der Waals surface area contributed by atoms with Gasteiger partial charge in [0, 0.05) is 27.0 Å². The first-order valence-corrected chi connectivity index (χ1v) is 11.3. The van der Waals surface area contributed by atoms with Crippen LogP contribution < -0.4 is 16.0 Å². The summed E-state index contributed by atoms with van der Waals surface area (Å²) in [5, 5.41) is 9.98. The third-order valence-corrected chi connectivity index (χ3v) is 6.61. The van der Waals surface area contributed by atoms with Crippen LogP contribution in [0.15, 0.2) is 72.8 Å². The molecule has 0 radical (unpaired) electrons. The number of anilines is 2. The van der Waals surface area contributed by atoms with Crippen molar-refractivity contribution in [1.82, 2.24) is 5.32 Å². The van der Waals surface area contributed by atoms with Gasteiger partial charge >= 0.3 is 0 Å². The molecule has 3 N–H and O–H groups in total. The lowest BCUT2D eigenvalue weighted by molar-refractivity contribution is 0.0980. The van der Waals surface area contributed by atoms with Crippen molar-refractivity contribution in [1.29, 1.82) is 0 Å². The molecule has 0 saturated carbocycles. The fourth-order valence-electron chi connectivity index (χ4n) is 3.15. The fraction of sp³-hybridized carbons (Fsp3) is 0.0417. The van der Waals surface area contributed by atoms with E-state index in [1.54, 1.807) is 24.3 Å². The third-order valence-electron chi connectivity index (χ3n) is 4.74. The SMILES string of the molecule is Cc1cc(NC(=S)NC(=O)c2sc3ccccc3c2Cl)ccc1NC(=O)c1ccccc1. The molecule has 160 valence electrons. The summed E-state index contributed by atoms with van der Waals surface area (Å²) >= 11 is 13.0. The Bertz CT molecular complexity index is 1340. The number of halogens is 1. The highest BCUT2D eigenvalue weighted by Crippen LogP contribution is 2.35. The average molecular weight is 480 g/mol. The van der Waals surface area contributed by atoms with Gasteiger partial charge in [-0.25, -0.2) is 0 Å². The van der Waals surface area contributed by atoms with Crippen LogP contribution in [0.1, 0.15) is 25.6 Å². The number of aryl methyl sites for hydroxylation is 1. The second-order valence-electron chi connectivity index (χ2n) is 7.00. The number of hydrogen-bond donors (Lipinski definition) is 3. The number of fused-ring (bicyclic) bond motifs is 1. The highest BCUT2D eigenvalue weighted by Gasteiger charge is 2.18. The van der Waals surface area contributed by atoms with E-state index in [9.17, 15) is 9.59 Å². The van der Waals surface area contributed by atoms with Crippen molar-refractivity contribution in [2.75, 3.05) is 10.6 Å². The molecule has 0 unspecified atom stereocenters. The number of amides is 2. The van der Waals surface area contributed by atoms with Crippen LogP contribution in [-0.4, -0.2) is 16.9 Å². The van der Waals surface area contributed by atoms with Crippen molar-refractivity contribution in [3.63, 3.8) is 0 Å². The van der Waals surface area contributed by atoms with Gasteiger partial charge in [-0.2, -0.15) is 0 Å². The number of thiophene rings is 1. The number of carbonyl (C=O) groups excluding carboxylic acids is 2. The molecule has 4 rings (SSSR count). The molecule has 0 aliphatic carbocycles. The highest BCUT2D eigenvalue weighted by molar-refractivity contribution is 7.80. The summed E-state index contributed by atoms with van der Waals surface area (Å²) in [7, 11) is 0. The smallest absolute Gasteiger partial charge is 0.269 e. The van der Waals surface area contributed by atoms with Gasteiger partial charge in [0.05, 0.1) is 5.02 Å². The average Bonchev–Trinajstić information content (AvgIpc) is 3.13. The maximum atomic E-state index is 12.7. The molecule has 5 nitrogen and oxygen atoms in total. The van der Waals surface area contributed by atoms with Gasteiger partial charge in [-0.15, -0.1) is 11.3 Å². The molecule has 2 amide bonds. The molecule has 1 heterocycles. The Morgan fingerprint density at radius 2 is 1.62 bits per heavy atom. The van der Waals surface area contributed by atoms with E-state index < -0.39 is 0 Å². The first kappa shape index (κ1) is 22.0. The van der Waals surface area contributed by atoms with Gasteiger partial charge in [0.2, 0.25) is 0 Å². The van der Waals surface area contributed by atoms with E-state index in [0.29, 0.717) is 26.8 Å². The number of hydrogen-bond acceptors (Lipinski definition) is 4. The van der Waals surface area contributed by atoms with Gasteiger partial charge in [0.1, 0.15) is 4.88 Å². The Morgan fingerprint density at radius 3 is 2.34 bits per heavy atom. The van der Waals surface area contributed by atoms with Crippen molar-refractivity contribution < 1.29 is 9.59 Å². The quantitative estimate of drug-likeness (QED) is 0.303. The van der Waals surface area contributed by atoms with Crippen LogP contribution in [0.5, 0.6) is 0 Å². The summed E-state index contributed by atoms with van der Waals surface area (Å²) in [6.07, 6.45) is 0. The maximum absolute atomic E-state index is 12.7. The van der Waals surface area contributed by atoms with E-state index in [1.165, 1.54) is 11.3 Å². The monoisotopic (exact) mass is 479 g/mol. The van der Waals surface area contributed by atoms with Crippen LogP contribution in [0.25, 0.3) is 10.1 Å². The Kier molecular flexibility index (Phi) is 6.50. The van der Waals surface area contributed by atoms with E-state index in [4.69, 9.17) is 23.8 Å². The van der Waals surface area contributed by atoms with Crippen molar-refractivity contribution >= 4 is 73.5 Å². The van der Waals surface area contributed by atoms with E-state index in [0.717, 1.165) is 15.6 Å². The summed E-state index contributed by atoms with van der Waals surface area (Å²) in [6, 6.07) is 22.0. The van der Waals surface area contributed by atoms with E-state index in [-0.39, 0.29) is 16.9 Å². The van der Waals surface area contributed by atoms with Gasteiger partial charge < -0.3 is 10.6 Å². The molecular weight excluding hydrogens is 462 g/mol. The minimum atomic E-state index is -0.364. The summed E-state index contributed by atoms with van der Waals surface area (Å²) in [6.45, 7) is 1.88. The molecule has 3 aromatic carbocycles. The molecule has 0 aliphatic rings. The maximum Gasteiger partial charge on any atom is 0.269 e. The van der Waals surface area contributed by atoms with Crippen molar-refractivity contribution in [2.45, 2.75) is 6.92 Å². The molecule has 4 aromatic rings. The van der Waals surface area contributed by atoms with Crippen LogP contribution in [0.2, 0.25) is 5.02 Å². The predicted molar refractivity (Wildman–Crippen MR) is 136 cm³/mol. The van der Waals surface area contributed by atoms with E-state index in [2.05, 4.69) is 16.0 Å². The lowest BCUT2D eigenvalue weighted by Gasteiger charge is -2.13. The predicted octanol–water partition coefficient (Wildman–Crippen LogP) is 6.24. The summed E-state index contributed by atoms with van der Waals surface area (Å²) in [4.78, 5) is 25.4. The van der Waals surface area contributed by atoms with Crippen molar-refractivity contribution in [3.8, 4) is 0 Å². The zero-order chi connectivity index (χ0) is 22.7. The Morgan fingerprint density at radius 1 is 0.906 bits per heavy atom. The van der Waals surface area contributed by atoms with Crippen molar-refractivity contribution in [2.24, 2.45) is 0 Å². The minimum absolute atomic E-state index is 0.156. The first-order chi connectivity index (χ1) is 15.4. The van der Waals surface area contributed by atoms with Crippen LogP contribution in [0.4, 0.5) is 11.4 Å². The van der Waals surface area contributed by atoms with Gasteiger partial charge in [-0.05, 0) is 61.1 Å². The normalized spacial score (nSPS) is 10.6. The van der Waals surface area contributed by atoms with Crippen LogP contribution in [0, 0.1) is 6.92 Å². The zero-order valence-corrected chi connectivity index (χ0v) is 19.3. The molecule has 0 bridgehead atoms. The first-order valence-electron chi connectivity index (χ1n) is 9.69. The summed E-state index contributed by atoms with van der Waals surface area (Å²) < 4.78 is 0.935. The topological polar surface area (TPSA) is 70.2 Å². The molecular formula is C24H18ClN3O2S2. The molecule has 0 saturated heterocycles. The molecule has 0 atom stereocenters. The number of thiocarbonyl (C=S) groups is 1. The number of nitrogens with one attached hydrogen (secondary N) is 3. The number of rotatable bonds is 4. The number of carbonyl (C=O) groups is 2. The molecule has 0 spiro atoms. The molecule has 0 fully saturated rings. The number of benzene rings is 3. The standard InChI is InChI=1S/C24H18ClN3O2S2/c1-14-13-16(11-12-18(14)27-22(29)15-7-3-2-4-8-15)26-24(31)28-23(30)21-20(25)17-9-5-6-10-19(17)32-21/h2-13H,1H3,(H,27,29)(H2,26,28,30,31). The van der Waals surface area contributed by atoms with Gasteiger partial charge in [-0.1, -0.05) is 48.0 Å². The zero-order valence-electron chi connectivity index (χ0n) is 16.9. The van der Waals surface area contributed by atoms with Crippen LogP contribution in [0.3, 0.4) is 0 Å². The Labute approximate surface area is 199 Å². The molecule has 1 aromatic heterocycles. The fourth-order valence-corrected chi connectivity index (χ4v) is 4.77. The molecule has 0 aliphatic heterocycles. The highest BCUT2D eigenvalue weighted by atomic mass is 35.5. The lowest BCUT2D eigenvalue weighted by atomic mass is 10.1. The summed E-state index contributed by atoms with van der Waals surface area (Å²) in [5.74, 6) is -0.547. The third kappa shape index (κ3) is 4.80. The van der Waals surface area contributed by atoms with Crippen molar-refractivity contribution in [3.05, 3.63) is 93.8 Å². The minimum Gasteiger partial charge on any atom is -0.332 e. The second-order valence-corrected chi connectivity index (χ2v) is 8.84. The van der Waals surface area contributed by atoms with Crippen LogP contribution >= 0.6 is 35.2 Å². The molecule has 8 heteroatoms.